The minimum atomic E-state index is -3.37. The van der Waals surface area contributed by atoms with Crippen molar-refractivity contribution in [2.45, 2.75) is 24.3 Å². The van der Waals surface area contributed by atoms with Gasteiger partial charge < -0.3 is 10.4 Å². The number of aliphatic hydroxyl groups is 1. The summed E-state index contributed by atoms with van der Waals surface area (Å²) in [6.07, 6.45) is 0.195. The van der Waals surface area contributed by atoms with Crippen LogP contribution in [0.4, 0.5) is 0 Å². The molecule has 1 atom stereocenters. The molecule has 0 aromatic heterocycles. The fourth-order valence-electron chi connectivity index (χ4n) is 1.52. The first-order valence-corrected chi connectivity index (χ1v) is 7.72. The average Bonchev–Trinajstić information content (AvgIpc) is 2.38. The Morgan fingerprint density at radius 1 is 1.42 bits per heavy atom. The van der Waals surface area contributed by atoms with Gasteiger partial charge in [0.2, 0.25) is 0 Å². The highest BCUT2D eigenvalue weighted by Gasteiger charge is 2.14. The molecule has 0 aliphatic carbocycles. The maximum absolute atomic E-state index is 12.0. The Hall–Kier alpha value is -1.42. The van der Waals surface area contributed by atoms with Crippen molar-refractivity contribution in [1.82, 2.24) is 5.32 Å². The lowest BCUT2D eigenvalue weighted by atomic mass is 10.2. The van der Waals surface area contributed by atoms with Gasteiger partial charge in [0.05, 0.1) is 28.4 Å². The van der Waals surface area contributed by atoms with Crippen LogP contribution in [0.15, 0.2) is 29.2 Å². The highest BCUT2D eigenvalue weighted by molar-refractivity contribution is 7.91. The highest BCUT2D eigenvalue weighted by Crippen LogP contribution is 2.12. The summed E-state index contributed by atoms with van der Waals surface area (Å²) in [5, 5.41) is 20.8. The standard InChI is InChI=1S/C13H18N2O3S/c1-11(16)5-6-15-7-8-19(17,18)13-4-2-3-12(9-13)10-14/h2-4,9,11,15-16H,5-8H2,1H3. The maximum atomic E-state index is 12.0. The second-order valence-corrected chi connectivity index (χ2v) is 6.46. The van der Waals surface area contributed by atoms with Crippen LogP contribution in [-0.4, -0.2) is 38.5 Å². The van der Waals surface area contributed by atoms with Crippen molar-refractivity contribution in [2.75, 3.05) is 18.8 Å². The Labute approximate surface area is 113 Å². The molecule has 0 aliphatic rings. The molecule has 1 aromatic rings. The summed E-state index contributed by atoms with van der Waals surface area (Å²) in [7, 11) is -3.37. The Kier molecular flexibility index (Phi) is 5.96. The molecule has 2 N–H and O–H groups in total. The SMILES string of the molecule is CC(O)CCNCCS(=O)(=O)c1cccc(C#N)c1. The van der Waals surface area contributed by atoms with Gasteiger partial charge in [0.1, 0.15) is 0 Å². The van der Waals surface area contributed by atoms with Crippen LogP contribution < -0.4 is 5.32 Å². The molecule has 0 saturated carbocycles. The van der Waals surface area contributed by atoms with Gasteiger partial charge in [-0.25, -0.2) is 8.42 Å². The third-order valence-electron chi connectivity index (χ3n) is 2.61. The van der Waals surface area contributed by atoms with E-state index in [0.29, 0.717) is 25.1 Å². The number of hydrogen-bond acceptors (Lipinski definition) is 5. The molecule has 0 bridgehead atoms. The molecular formula is C13H18N2O3S. The second-order valence-electron chi connectivity index (χ2n) is 4.35. The molecule has 0 amide bonds. The van der Waals surface area contributed by atoms with E-state index in [1.54, 1.807) is 19.1 Å². The number of nitrogens with one attached hydrogen (secondary N) is 1. The first-order valence-electron chi connectivity index (χ1n) is 6.07. The fourth-order valence-corrected chi connectivity index (χ4v) is 2.76. The number of rotatable bonds is 7. The molecule has 6 heteroatoms. The van der Waals surface area contributed by atoms with Gasteiger partial charge in [0.25, 0.3) is 0 Å². The van der Waals surface area contributed by atoms with Crippen molar-refractivity contribution in [2.24, 2.45) is 0 Å². The van der Waals surface area contributed by atoms with Gasteiger partial charge in [-0.2, -0.15) is 5.26 Å². The molecule has 19 heavy (non-hydrogen) atoms. The van der Waals surface area contributed by atoms with Crippen molar-refractivity contribution >= 4 is 9.84 Å². The second kappa shape index (κ2) is 7.24. The molecule has 1 rings (SSSR count). The molecule has 0 aliphatic heterocycles. The van der Waals surface area contributed by atoms with Gasteiger partial charge in [0, 0.05) is 6.54 Å². The molecule has 1 aromatic carbocycles. The smallest absolute Gasteiger partial charge is 0.179 e. The van der Waals surface area contributed by atoms with Crippen LogP contribution in [0.1, 0.15) is 18.9 Å². The first-order chi connectivity index (χ1) is 8.95. The highest BCUT2D eigenvalue weighted by atomic mass is 32.2. The number of hydrogen-bond donors (Lipinski definition) is 2. The van der Waals surface area contributed by atoms with E-state index in [0.717, 1.165) is 0 Å². The number of nitriles is 1. The summed E-state index contributed by atoms with van der Waals surface area (Å²) in [6, 6.07) is 7.92. The van der Waals surface area contributed by atoms with Gasteiger partial charge in [-0.3, -0.25) is 0 Å². The van der Waals surface area contributed by atoms with E-state index < -0.39 is 15.9 Å². The van der Waals surface area contributed by atoms with Crippen molar-refractivity contribution < 1.29 is 13.5 Å². The van der Waals surface area contributed by atoms with E-state index in [9.17, 15) is 8.42 Å². The zero-order chi connectivity index (χ0) is 14.3. The Morgan fingerprint density at radius 3 is 2.79 bits per heavy atom. The summed E-state index contributed by atoms with van der Waals surface area (Å²) in [5.41, 5.74) is 0.336. The molecular weight excluding hydrogens is 264 g/mol. The Balaban J connectivity index is 2.54. The third kappa shape index (κ3) is 5.39. The average molecular weight is 282 g/mol. The topological polar surface area (TPSA) is 90.2 Å². The van der Waals surface area contributed by atoms with Crippen LogP contribution in [0, 0.1) is 11.3 Å². The van der Waals surface area contributed by atoms with Gasteiger partial charge in [-0.05, 0) is 38.1 Å². The monoisotopic (exact) mass is 282 g/mol. The van der Waals surface area contributed by atoms with Gasteiger partial charge in [0.15, 0.2) is 9.84 Å². The molecule has 0 fully saturated rings. The van der Waals surface area contributed by atoms with Crippen LogP contribution in [-0.2, 0) is 9.84 Å². The summed E-state index contributed by atoms with van der Waals surface area (Å²) in [6.45, 7) is 2.59. The summed E-state index contributed by atoms with van der Waals surface area (Å²) in [4.78, 5) is 0.170. The number of sulfone groups is 1. The maximum Gasteiger partial charge on any atom is 0.179 e. The lowest BCUT2D eigenvalue weighted by Crippen LogP contribution is -2.25. The molecule has 0 radical (unpaired) electrons. The predicted octanol–water partition coefficient (Wildman–Crippen LogP) is 0.692. The van der Waals surface area contributed by atoms with Crippen molar-refractivity contribution in [3.63, 3.8) is 0 Å². The Bertz CT molecular complexity index is 547. The van der Waals surface area contributed by atoms with Gasteiger partial charge in [-0.1, -0.05) is 6.07 Å². The van der Waals surface area contributed by atoms with E-state index in [1.165, 1.54) is 12.1 Å². The van der Waals surface area contributed by atoms with Gasteiger partial charge in [-0.15, -0.1) is 0 Å². The summed E-state index contributed by atoms with van der Waals surface area (Å²) < 4.78 is 24.0. The normalized spacial score (nSPS) is 12.9. The number of nitrogens with zero attached hydrogens (tertiary/aromatic N) is 1. The van der Waals surface area contributed by atoms with Crippen LogP contribution in [0.5, 0.6) is 0 Å². The van der Waals surface area contributed by atoms with E-state index in [4.69, 9.17) is 10.4 Å². The number of benzene rings is 1. The van der Waals surface area contributed by atoms with E-state index in [-0.39, 0.29) is 10.6 Å². The van der Waals surface area contributed by atoms with E-state index in [2.05, 4.69) is 5.32 Å². The first kappa shape index (κ1) is 15.6. The zero-order valence-electron chi connectivity index (χ0n) is 10.8. The fraction of sp³-hybridized carbons (Fsp3) is 0.462. The van der Waals surface area contributed by atoms with Crippen LogP contribution >= 0.6 is 0 Å². The lowest BCUT2D eigenvalue weighted by molar-refractivity contribution is 0.184. The zero-order valence-corrected chi connectivity index (χ0v) is 11.7. The van der Waals surface area contributed by atoms with Crippen molar-refractivity contribution in [3.05, 3.63) is 29.8 Å². The van der Waals surface area contributed by atoms with Gasteiger partial charge >= 0.3 is 0 Å². The minimum absolute atomic E-state index is 0.0261. The predicted molar refractivity (Wildman–Crippen MR) is 72.4 cm³/mol. The Morgan fingerprint density at radius 2 is 2.16 bits per heavy atom. The molecule has 0 spiro atoms. The van der Waals surface area contributed by atoms with Crippen molar-refractivity contribution in [3.8, 4) is 6.07 Å². The molecule has 104 valence electrons. The summed E-state index contributed by atoms with van der Waals surface area (Å²) >= 11 is 0. The quantitative estimate of drug-likeness (QED) is 0.718. The molecule has 1 unspecified atom stereocenters. The number of aliphatic hydroxyl groups excluding tert-OH is 1. The minimum Gasteiger partial charge on any atom is -0.393 e. The van der Waals surface area contributed by atoms with E-state index in [1.807, 2.05) is 6.07 Å². The van der Waals surface area contributed by atoms with Crippen LogP contribution in [0.25, 0.3) is 0 Å². The molecule has 5 nitrogen and oxygen atoms in total. The lowest BCUT2D eigenvalue weighted by Gasteiger charge is -2.07. The van der Waals surface area contributed by atoms with E-state index >= 15 is 0 Å². The summed E-state index contributed by atoms with van der Waals surface area (Å²) in [5.74, 6) is -0.0261. The largest absolute Gasteiger partial charge is 0.393 e. The molecule has 0 saturated heterocycles. The van der Waals surface area contributed by atoms with Crippen LogP contribution in [0.2, 0.25) is 0 Å². The van der Waals surface area contributed by atoms with Crippen LogP contribution in [0.3, 0.4) is 0 Å². The van der Waals surface area contributed by atoms with Crippen molar-refractivity contribution in [1.29, 1.82) is 5.26 Å². The molecule has 0 heterocycles. The third-order valence-corrected chi connectivity index (χ3v) is 4.32.